The van der Waals surface area contributed by atoms with Crippen molar-refractivity contribution < 1.29 is 4.79 Å². The van der Waals surface area contributed by atoms with E-state index in [9.17, 15) is 4.79 Å². The van der Waals surface area contributed by atoms with Gasteiger partial charge in [0, 0.05) is 31.4 Å². The van der Waals surface area contributed by atoms with Crippen molar-refractivity contribution >= 4 is 17.4 Å². The van der Waals surface area contributed by atoms with Gasteiger partial charge >= 0.3 is 0 Å². The second kappa shape index (κ2) is 6.22. The Labute approximate surface area is 113 Å². The molecule has 0 saturated heterocycles. The van der Waals surface area contributed by atoms with Gasteiger partial charge in [-0.15, -0.1) is 0 Å². The van der Waals surface area contributed by atoms with Gasteiger partial charge in [0.15, 0.2) is 0 Å². The summed E-state index contributed by atoms with van der Waals surface area (Å²) in [5, 5.41) is 6.21. The van der Waals surface area contributed by atoms with Crippen molar-refractivity contribution in [3.63, 3.8) is 0 Å². The Morgan fingerprint density at radius 2 is 2.32 bits per heavy atom. The summed E-state index contributed by atoms with van der Waals surface area (Å²) in [4.78, 5) is 15.9. The summed E-state index contributed by atoms with van der Waals surface area (Å²) in [6.07, 6.45) is 5.08. The molecule has 1 amide bonds. The van der Waals surface area contributed by atoms with Crippen molar-refractivity contribution in [1.82, 2.24) is 14.7 Å². The number of nitrogens with one attached hydrogen (secondary N) is 2. The minimum atomic E-state index is 0.0830. The number of rotatable bonds is 6. The van der Waals surface area contributed by atoms with Gasteiger partial charge in [0.05, 0.1) is 0 Å². The van der Waals surface area contributed by atoms with E-state index in [2.05, 4.69) is 22.5 Å². The van der Waals surface area contributed by atoms with Gasteiger partial charge in [-0.3, -0.25) is 9.20 Å². The molecule has 0 radical (unpaired) electrons. The number of carbonyl (C=O) groups is 1. The van der Waals surface area contributed by atoms with Gasteiger partial charge < -0.3 is 10.6 Å². The Hall–Kier alpha value is -2.04. The Bertz CT molecular complexity index is 549. The summed E-state index contributed by atoms with van der Waals surface area (Å²) < 4.78 is 1.96. The van der Waals surface area contributed by atoms with Crippen LogP contribution in [0.25, 0.3) is 5.65 Å². The summed E-state index contributed by atoms with van der Waals surface area (Å²) in [5.41, 5.74) is 0.897. The first kappa shape index (κ1) is 13.4. The first-order valence-electron chi connectivity index (χ1n) is 6.66. The highest BCUT2D eigenvalue weighted by atomic mass is 16.1. The molecule has 0 saturated carbocycles. The number of hydrogen-bond donors (Lipinski definition) is 2. The fraction of sp³-hybridized carbons (Fsp3) is 0.429. The Kier molecular flexibility index (Phi) is 4.39. The van der Waals surface area contributed by atoms with Crippen LogP contribution in [0.2, 0.25) is 0 Å². The van der Waals surface area contributed by atoms with E-state index in [0.29, 0.717) is 13.0 Å². The van der Waals surface area contributed by atoms with Gasteiger partial charge in [0.25, 0.3) is 0 Å². The van der Waals surface area contributed by atoms with Crippen molar-refractivity contribution in [2.45, 2.75) is 32.7 Å². The second-order valence-corrected chi connectivity index (χ2v) is 4.62. The molecular formula is C14H20N4O. The molecule has 5 nitrogen and oxygen atoms in total. The standard InChI is InChI=1S/C14H20N4O/c1-3-11(2)17-14(19)7-8-15-12-5-4-6-13-16-9-10-18(12)13/h4-6,9-11,15H,3,7-8H2,1-2H3,(H,17,19). The van der Waals surface area contributed by atoms with Crippen LogP contribution in [-0.2, 0) is 4.79 Å². The number of anilines is 1. The molecule has 2 aromatic heterocycles. The first-order valence-corrected chi connectivity index (χ1v) is 6.66. The lowest BCUT2D eigenvalue weighted by atomic mass is 10.2. The quantitative estimate of drug-likeness (QED) is 0.835. The predicted octanol–water partition coefficient (Wildman–Crippen LogP) is 2.05. The van der Waals surface area contributed by atoms with Crippen LogP contribution in [0.15, 0.2) is 30.6 Å². The number of carbonyl (C=O) groups excluding carboxylic acids is 1. The van der Waals surface area contributed by atoms with Gasteiger partial charge in [0.1, 0.15) is 11.5 Å². The minimum absolute atomic E-state index is 0.0830. The number of pyridine rings is 1. The van der Waals surface area contributed by atoms with E-state index in [4.69, 9.17) is 0 Å². The van der Waals surface area contributed by atoms with Gasteiger partial charge in [-0.2, -0.15) is 0 Å². The lowest BCUT2D eigenvalue weighted by Crippen LogP contribution is -2.33. The molecule has 19 heavy (non-hydrogen) atoms. The zero-order valence-corrected chi connectivity index (χ0v) is 11.4. The van der Waals surface area contributed by atoms with Crippen LogP contribution in [0.1, 0.15) is 26.7 Å². The number of aromatic nitrogens is 2. The number of imidazole rings is 1. The Morgan fingerprint density at radius 1 is 1.47 bits per heavy atom. The highest BCUT2D eigenvalue weighted by Gasteiger charge is 2.05. The van der Waals surface area contributed by atoms with Gasteiger partial charge in [-0.25, -0.2) is 4.98 Å². The number of hydrogen-bond acceptors (Lipinski definition) is 3. The van der Waals surface area contributed by atoms with Crippen molar-refractivity contribution in [2.75, 3.05) is 11.9 Å². The molecule has 0 aliphatic heterocycles. The fourth-order valence-electron chi connectivity index (χ4n) is 1.84. The molecule has 2 N–H and O–H groups in total. The smallest absolute Gasteiger partial charge is 0.221 e. The van der Waals surface area contributed by atoms with E-state index in [1.54, 1.807) is 6.20 Å². The zero-order chi connectivity index (χ0) is 13.7. The molecule has 102 valence electrons. The van der Waals surface area contributed by atoms with Crippen molar-refractivity contribution in [1.29, 1.82) is 0 Å². The fourth-order valence-corrected chi connectivity index (χ4v) is 1.84. The molecule has 2 aromatic rings. The van der Waals surface area contributed by atoms with Crippen LogP contribution in [0.5, 0.6) is 0 Å². The number of amides is 1. The van der Waals surface area contributed by atoms with Crippen molar-refractivity contribution in [3.8, 4) is 0 Å². The molecule has 1 atom stereocenters. The molecule has 0 spiro atoms. The third-order valence-corrected chi connectivity index (χ3v) is 3.11. The monoisotopic (exact) mass is 260 g/mol. The molecule has 0 aliphatic rings. The Balaban J connectivity index is 1.86. The number of fused-ring (bicyclic) bond motifs is 1. The third-order valence-electron chi connectivity index (χ3n) is 3.11. The van der Waals surface area contributed by atoms with Gasteiger partial charge in [-0.1, -0.05) is 13.0 Å². The SMILES string of the molecule is CCC(C)NC(=O)CCNc1cccc2nccn12. The maximum atomic E-state index is 11.6. The van der Waals surface area contributed by atoms with E-state index in [0.717, 1.165) is 17.9 Å². The first-order chi connectivity index (χ1) is 9.20. The third kappa shape index (κ3) is 3.47. The molecule has 0 aliphatic carbocycles. The summed E-state index contributed by atoms with van der Waals surface area (Å²) in [5.74, 6) is 1.03. The summed E-state index contributed by atoms with van der Waals surface area (Å²) in [7, 11) is 0. The van der Waals surface area contributed by atoms with Crippen LogP contribution >= 0.6 is 0 Å². The predicted molar refractivity (Wildman–Crippen MR) is 76.2 cm³/mol. The molecule has 2 rings (SSSR count). The average Bonchev–Trinajstić information content (AvgIpc) is 2.87. The van der Waals surface area contributed by atoms with Crippen LogP contribution in [-0.4, -0.2) is 27.9 Å². The van der Waals surface area contributed by atoms with Crippen molar-refractivity contribution in [3.05, 3.63) is 30.6 Å². The van der Waals surface area contributed by atoms with E-state index in [1.807, 2.05) is 35.7 Å². The van der Waals surface area contributed by atoms with Crippen LogP contribution in [0, 0.1) is 0 Å². The highest BCUT2D eigenvalue weighted by Crippen LogP contribution is 2.10. The van der Waals surface area contributed by atoms with E-state index in [-0.39, 0.29) is 11.9 Å². The highest BCUT2D eigenvalue weighted by molar-refractivity contribution is 5.76. The molecule has 0 bridgehead atoms. The minimum Gasteiger partial charge on any atom is -0.371 e. The topological polar surface area (TPSA) is 58.4 Å². The normalized spacial score (nSPS) is 12.3. The van der Waals surface area contributed by atoms with Crippen LogP contribution in [0.3, 0.4) is 0 Å². The van der Waals surface area contributed by atoms with Gasteiger partial charge in [-0.05, 0) is 25.5 Å². The second-order valence-electron chi connectivity index (χ2n) is 4.62. The summed E-state index contributed by atoms with van der Waals surface area (Å²) in [6.45, 7) is 4.68. The van der Waals surface area contributed by atoms with Crippen molar-refractivity contribution in [2.24, 2.45) is 0 Å². The van der Waals surface area contributed by atoms with E-state index >= 15 is 0 Å². The average molecular weight is 260 g/mol. The molecular weight excluding hydrogens is 240 g/mol. The van der Waals surface area contributed by atoms with Gasteiger partial charge in [0.2, 0.25) is 5.91 Å². The molecule has 2 heterocycles. The molecule has 0 fully saturated rings. The molecule has 0 aromatic carbocycles. The molecule has 5 heteroatoms. The zero-order valence-electron chi connectivity index (χ0n) is 11.4. The van der Waals surface area contributed by atoms with Crippen LogP contribution < -0.4 is 10.6 Å². The maximum Gasteiger partial charge on any atom is 0.221 e. The lowest BCUT2D eigenvalue weighted by molar-refractivity contribution is -0.121. The summed E-state index contributed by atoms with van der Waals surface area (Å²) in [6, 6.07) is 6.11. The largest absolute Gasteiger partial charge is 0.371 e. The van der Waals surface area contributed by atoms with Crippen LogP contribution in [0.4, 0.5) is 5.82 Å². The maximum absolute atomic E-state index is 11.6. The Morgan fingerprint density at radius 3 is 3.11 bits per heavy atom. The van der Waals surface area contributed by atoms with E-state index < -0.39 is 0 Å². The lowest BCUT2D eigenvalue weighted by Gasteiger charge is -2.12. The number of nitrogens with zero attached hydrogens (tertiary/aromatic N) is 2. The summed E-state index contributed by atoms with van der Waals surface area (Å²) >= 11 is 0. The van der Waals surface area contributed by atoms with E-state index in [1.165, 1.54) is 0 Å². The molecule has 1 unspecified atom stereocenters.